The molecule has 2 aliphatic heterocycles. The first-order valence-corrected chi connectivity index (χ1v) is 8.51. The summed E-state index contributed by atoms with van der Waals surface area (Å²) in [5.74, 6) is 1.08. The molecule has 0 aliphatic carbocycles. The van der Waals surface area contributed by atoms with E-state index in [4.69, 9.17) is 4.74 Å². The summed E-state index contributed by atoms with van der Waals surface area (Å²) < 4.78 is 5.37. The number of hydrogen-bond donors (Lipinski definition) is 0. The zero-order valence-corrected chi connectivity index (χ0v) is 13.5. The van der Waals surface area contributed by atoms with E-state index in [0.29, 0.717) is 11.8 Å². The van der Waals surface area contributed by atoms with E-state index in [9.17, 15) is 4.79 Å². The third kappa shape index (κ3) is 3.86. The van der Waals surface area contributed by atoms with Crippen LogP contribution in [0.15, 0.2) is 18.2 Å². The van der Waals surface area contributed by atoms with Gasteiger partial charge in [-0.3, -0.25) is 9.78 Å². The lowest BCUT2D eigenvalue weighted by Crippen LogP contribution is -2.44. The number of aromatic nitrogens is 1. The number of piperidine rings is 1. The van der Waals surface area contributed by atoms with Gasteiger partial charge in [-0.25, -0.2) is 0 Å². The number of amides is 1. The molecule has 3 rings (SSSR count). The normalized spacial score (nSPS) is 23.5. The van der Waals surface area contributed by atoms with Crippen LogP contribution in [0.5, 0.6) is 0 Å². The van der Waals surface area contributed by atoms with E-state index in [1.54, 1.807) is 0 Å². The highest BCUT2D eigenvalue weighted by atomic mass is 16.5. The van der Waals surface area contributed by atoms with Crippen molar-refractivity contribution >= 4 is 5.91 Å². The van der Waals surface area contributed by atoms with E-state index >= 15 is 0 Å². The summed E-state index contributed by atoms with van der Waals surface area (Å²) in [7, 11) is 0. The molecule has 1 amide bonds. The van der Waals surface area contributed by atoms with Gasteiger partial charge in [0.2, 0.25) is 5.91 Å². The molecule has 2 fully saturated rings. The molecule has 0 N–H and O–H groups in total. The number of aryl methyl sites for hydroxylation is 1. The lowest BCUT2D eigenvalue weighted by atomic mass is 9.91. The quantitative estimate of drug-likeness (QED) is 0.862. The third-order valence-electron chi connectivity index (χ3n) is 4.85. The molecule has 1 aromatic heterocycles. The molecule has 4 nitrogen and oxygen atoms in total. The first-order valence-electron chi connectivity index (χ1n) is 8.51. The molecule has 22 heavy (non-hydrogen) atoms. The second-order valence-corrected chi connectivity index (χ2v) is 6.65. The van der Waals surface area contributed by atoms with Crippen molar-refractivity contribution in [2.75, 3.05) is 26.3 Å². The maximum atomic E-state index is 12.7. The Morgan fingerprint density at radius 3 is 2.91 bits per heavy atom. The van der Waals surface area contributed by atoms with E-state index < -0.39 is 0 Å². The molecule has 0 unspecified atom stereocenters. The fourth-order valence-electron chi connectivity index (χ4n) is 3.64. The highest BCUT2D eigenvalue weighted by molar-refractivity contribution is 5.79. The fourth-order valence-corrected chi connectivity index (χ4v) is 3.64. The molecule has 1 atom stereocenters. The molecule has 3 heterocycles. The van der Waals surface area contributed by atoms with E-state index in [1.165, 1.54) is 6.42 Å². The summed E-state index contributed by atoms with van der Waals surface area (Å²) >= 11 is 0. The summed E-state index contributed by atoms with van der Waals surface area (Å²) in [6.45, 7) is 5.33. The number of hydrogen-bond acceptors (Lipinski definition) is 3. The van der Waals surface area contributed by atoms with Gasteiger partial charge in [0.15, 0.2) is 0 Å². The van der Waals surface area contributed by atoms with Crippen LogP contribution in [-0.4, -0.2) is 42.1 Å². The van der Waals surface area contributed by atoms with Crippen molar-refractivity contribution in [3.63, 3.8) is 0 Å². The number of carbonyl (C=O) groups is 1. The van der Waals surface area contributed by atoms with E-state index in [0.717, 1.165) is 63.4 Å². The number of nitrogens with zero attached hydrogens (tertiary/aromatic N) is 2. The Labute approximate surface area is 132 Å². The van der Waals surface area contributed by atoms with Gasteiger partial charge in [-0.1, -0.05) is 6.07 Å². The lowest BCUT2D eigenvalue weighted by molar-refractivity contribution is -0.140. The van der Waals surface area contributed by atoms with Crippen LogP contribution in [0.25, 0.3) is 0 Å². The molecule has 120 valence electrons. The predicted molar refractivity (Wildman–Crippen MR) is 85.5 cm³/mol. The lowest BCUT2D eigenvalue weighted by Gasteiger charge is -2.36. The Morgan fingerprint density at radius 2 is 2.14 bits per heavy atom. The van der Waals surface area contributed by atoms with E-state index in [1.807, 2.05) is 13.0 Å². The van der Waals surface area contributed by atoms with Crippen LogP contribution in [0.3, 0.4) is 0 Å². The largest absolute Gasteiger partial charge is 0.381 e. The average molecular weight is 302 g/mol. The topological polar surface area (TPSA) is 42.4 Å². The third-order valence-corrected chi connectivity index (χ3v) is 4.85. The van der Waals surface area contributed by atoms with E-state index in [2.05, 4.69) is 22.0 Å². The Hall–Kier alpha value is -1.42. The molecule has 1 aromatic rings. The number of ether oxygens (including phenoxy) is 1. The summed E-state index contributed by atoms with van der Waals surface area (Å²) in [4.78, 5) is 19.4. The standard InChI is InChI=1S/C18H26N2O2/c1-14-4-2-6-17(19-14)12-15-5-3-9-20(13-15)18(21)16-7-10-22-11-8-16/h2,4,6,15-16H,3,5,7-13H2,1H3/t15-/m0/s1. The summed E-state index contributed by atoms with van der Waals surface area (Å²) in [5, 5.41) is 0. The molecule has 2 saturated heterocycles. The Balaban J connectivity index is 1.57. The Kier molecular flexibility index (Phi) is 5.08. The van der Waals surface area contributed by atoms with Crippen LogP contribution in [0.4, 0.5) is 0 Å². The zero-order chi connectivity index (χ0) is 15.4. The van der Waals surface area contributed by atoms with Crippen LogP contribution >= 0.6 is 0 Å². The molecule has 4 heteroatoms. The monoisotopic (exact) mass is 302 g/mol. The summed E-state index contributed by atoms with van der Waals surface area (Å²) in [5.41, 5.74) is 2.23. The molecule has 0 radical (unpaired) electrons. The molecule has 0 saturated carbocycles. The number of pyridine rings is 1. The molecule has 0 spiro atoms. The van der Waals surface area contributed by atoms with Crippen LogP contribution in [0, 0.1) is 18.8 Å². The number of carbonyl (C=O) groups excluding carboxylic acids is 1. The Morgan fingerprint density at radius 1 is 1.32 bits per heavy atom. The maximum absolute atomic E-state index is 12.7. The van der Waals surface area contributed by atoms with Gasteiger partial charge in [0.1, 0.15) is 0 Å². The first-order chi connectivity index (χ1) is 10.7. The fraction of sp³-hybridized carbons (Fsp3) is 0.667. The molecular formula is C18H26N2O2. The highest BCUT2D eigenvalue weighted by Crippen LogP contribution is 2.24. The first kappa shape index (κ1) is 15.5. The average Bonchev–Trinajstić information content (AvgIpc) is 2.55. The molecule has 0 bridgehead atoms. The van der Waals surface area contributed by atoms with Crippen molar-refractivity contribution in [2.45, 2.75) is 39.0 Å². The number of rotatable bonds is 3. The van der Waals surface area contributed by atoms with Crippen molar-refractivity contribution in [1.29, 1.82) is 0 Å². The highest BCUT2D eigenvalue weighted by Gasteiger charge is 2.30. The van der Waals surface area contributed by atoms with Gasteiger partial charge in [0.25, 0.3) is 0 Å². The van der Waals surface area contributed by atoms with Crippen LogP contribution in [-0.2, 0) is 16.0 Å². The van der Waals surface area contributed by atoms with Gasteiger partial charge in [0, 0.05) is 43.6 Å². The Bertz CT molecular complexity index is 512. The van der Waals surface area contributed by atoms with Gasteiger partial charge in [0.05, 0.1) is 0 Å². The van der Waals surface area contributed by atoms with E-state index in [-0.39, 0.29) is 5.92 Å². The van der Waals surface area contributed by atoms with Gasteiger partial charge >= 0.3 is 0 Å². The van der Waals surface area contributed by atoms with Crippen molar-refractivity contribution < 1.29 is 9.53 Å². The van der Waals surface area contributed by atoms with Crippen LogP contribution in [0.1, 0.15) is 37.1 Å². The number of likely N-dealkylation sites (tertiary alicyclic amines) is 1. The zero-order valence-electron chi connectivity index (χ0n) is 13.5. The van der Waals surface area contributed by atoms with Gasteiger partial charge < -0.3 is 9.64 Å². The van der Waals surface area contributed by atoms with Crippen molar-refractivity contribution in [2.24, 2.45) is 11.8 Å². The van der Waals surface area contributed by atoms with Gasteiger partial charge in [-0.2, -0.15) is 0 Å². The molecule has 2 aliphatic rings. The summed E-state index contributed by atoms with van der Waals surface area (Å²) in [6.07, 6.45) is 5.08. The van der Waals surface area contributed by atoms with Crippen molar-refractivity contribution in [3.8, 4) is 0 Å². The smallest absolute Gasteiger partial charge is 0.225 e. The minimum Gasteiger partial charge on any atom is -0.381 e. The second-order valence-electron chi connectivity index (χ2n) is 6.65. The minimum atomic E-state index is 0.185. The van der Waals surface area contributed by atoms with Crippen LogP contribution in [0.2, 0.25) is 0 Å². The van der Waals surface area contributed by atoms with Gasteiger partial charge in [-0.15, -0.1) is 0 Å². The van der Waals surface area contributed by atoms with Crippen molar-refractivity contribution in [1.82, 2.24) is 9.88 Å². The molecule has 0 aromatic carbocycles. The minimum absolute atomic E-state index is 0.185. The SMILES string of the molecule is Cc1cccc(C[C@@H]2CCCN(C(=O)C3CCOCC3)C2)n1. The second kappa shape index (κ2) is 7.23. The van der Waals surface area contributed by atoms with Gasteiger partial charge in [-0.05, 0) is 57.1 Å². The van der Waals surface area contributed by atoms with Crippen LogP contribution < -0.4 is 0 Å². The van der Waals surface area contributed by atoms with Crippen molar-refractivity contribution in [3.05, 3.63) is 29.6 Å². The summed E-state index contributed by atoms with van der Waals surface area (Å²) in [6, 6.07) is 6.21. The predicted octanol–water partition coefficient (Wildman–Crippen LogP) is 2.60. The molecular weight excluding hydrogens is 276 g/mol. The maximum Gasteiger partial charge on any atom is 0.225 e.